The zero-order chi connectivity index (χ0) is 16.6. The molecule has 0 aliphatic rings. The Kier molecular flexibility index (Phi) is 3.90. The number of rotatable bonds is 4. The summed E-state index contributed by atoms with van der Waals surface area (Å²) in [7, 11) is 1.84. The van der Waals surface area contributed by atoms with Gasteiger partial charge in [0.05, 0.1) is 22.3 Å². The molecule has 2 aromatic heterocycles. The number of amides is 1. The van der Waals surface area contributed by atoms with Gasteiger partial charge >= 0.3 is 0 Å². The second kappa shape index (κ2) is 5.87. The van der Waals surface area contributed by atoms with E-state index >= 15 is 0 Å². The smallest absolute Gasteiger partial charge is 0.261 e. The van der Waals surface area contributed by atoms with Crippen LogP contribution in [-0.2, 0) is 13.6 Å². The Hall–Kier alpha value is -2.63. The van der Waals surface area contributed by atoms with Gasteiger partial charge in [-0.1, -0.05) is 19.1 Å². The van der Waals surface area contributed by atoms with E-state index in [-0.39, 0.29) is 5.91 Å². The summed E-state index contributed by atoms with van der Waals surface area (Å²) in [5.41, 5.74) is 4.10. The Balaban J connectivity index is 2.00. The minimum Gasteiger partial charge on any atom is -0.310 e. The lowest BCUT2D eigenvalue weighted by molar-refractivity contribution is 0.102. The molecule has 23 heavy (non-hydrogen) atoms. The molecule has 3 aromatic rings. The molecule has 3 rings (SSSR count). The predicted molar refractivity (Wildman–Crippen MR) is 90.7 cm³/mol. The molecule has 6 nitrogen and oxygen atoms in total. The van der Waals surface area contributed by atoms with Crippen molar-refractivity contribution >= 4 is 22.9 Å². The van der Waals surface area contributed by atoms with Gasteiger partial charge in [0.2, 0.25) is 5.95 Å². The van der Waals surface area contributed by atoms with Crippen LogP contribution in [0.4, 0.5) is 5.95 Å². The van der Waals surface area contributed by atoms with Gasteiger partial charge < -0.3 is 4.57 Å². The highest BCUT2D eigenvalue weighted by Gasteiger charge is 2.20. The number of aromatic nitrogens is 4. The molecule has 1 N–H and O–H groups in total. The van der Waals surface area contributed by atoms with E-state index in [2.05, 4.69) is 22.3 Å². The number of nitrogens with one attached hydrogen (secondary N) is 1. The first-order valence-electron chi connectivity index (χ1n) is 7.79. The maximum Gasteiger partial charge on any atom is 0.261 e. The number of benzene rings is 1. The van der Waals surface area contributed by atoms with Crippen molar-refractivity contribution in [3.8, 4) is 0 Å². The van der Waals surface area contributed by atoms with E-state index < -0.39 is 0 Å². The van der Waals surface area contributed by atoms with Crippen LogP contribution < -0.4 is 5.32 Å². The van der Waals surface area contributed by atoms with Crippen LogP contribution in [0, 0.1) is 13.8 Å². The molecule has 120 valence electrons. The van der Waals surface area contributed by atoms with Gasteiger partial charge in [-0.3, -0.25) is 14.8 Å². The molecule has 0 saturated heterocycles. The van der Waals surface area contributed by atoms with Crippen LogP contribution in [0.2, 0.25) is 0 Å². The third-order valence-electron chi connectivity index (χ3n) is 4.06. The van der Waals surface area contributed by atoms with Gasteiger partial charge in [0.1, 0.15) is 0 Å². The van der Waals surface area contributed by atoms with Crippen LogP contribution >= 0.6 is 0 Å². The summed E-state index contributed by atoms with van der Waals surface area (Å²) in [5.74, 6) is 0.418. The van der Waals surface area contributed by atoms with E-state index in [9.17, 15) is 4.79 Å². The van der Waals surface area contributed by atoms with Crippen LogP contribution in [0.5, 0.6) is 0 Å². The molecular formula is C17H21N5O. The number of aryl methyl sites for hydroxylation is 3. The summed E-state index contributed by atoms with van der Waals surface area (Å²) in [6, 6.07) is 7.91. The molecule has 0 radical (unpaired) electrons. The highest BCUT2D eigenvalue weighted by atomic mass is 16.1. The topological polar surface area (TPSA) is 64.7 Å². The fourth-order valence-electron chi connectivity index (χ4n) is 2.89. The van der Waals surface area contributed by atoms with Crippen molar-refractivity contribution in [1.29, 1.82) is 0 Å². The maximum absolute atomic E-state index is 12.7. The van der Waals surface area contributed by atoms with E-state index in [1.807, 2.05) is 49.7 Å². The molecule has 0 bridgehead atoms. The zero-order valence-corrected chi connectivity index (χ0v) is 13.9. The Morgan fingerprint density at radius 1 is 1.26 bits per heavy atom. The van der Waals surface area contributed by atoms with Crippen LogP contribution in [0.3, 0.4) is 0 Å². The normalized spacial score (nSPS) is 11.1. The molecule has 0 aliphatic carbocycles. The van der Waals surface area contributed by atoms with Crippen molar-refractivity contribution in [2.24, 2.45) is 7.05 Å². The van der Waals surface area contributed by atoms with Gasteiger partial charge in [-0.25, -0.2) is 4.98 Å². The van der Waals surface area contributed by atoms with Gasteiger partial charge in [-0.05, 0) is 32.4 Å². The molecule has 0 spiro atoms. The lowest BCUT2D eigenvalue weighted by Gasteiger charge is -2.09. The fraction of sp³-hybridized carbons (Fsp3) is 0.353. The summed E-state index contributed by atoms with van der Waals surface area (Å²) < 4.78 is 3.77. The summed E-state index contributed by atoms with van der Waals surface area (Å²) in [6.45, 7) is 6.65. The van der Waals surface area contributed by atoms with E-state index in [1.165, 1.54) is 0 Å². The predicted octanol–water partition coefficient (Wildman–Crippen LogP) is 3.05. The maximum atomic E-state index is 12.7. The summed E-state index contributed by atoms with van der Waals surface area (Å²) in [6.07, 6.45) is 0.966. The van der Waals surface area contributed by atoms with Crippen molar-refractivity contribution in [1.82, 2.24) is 19.3 Å². The van der Waals surface area contributed by atoms with Crippen LogP contribution in [0.25, 0.3) is 11.0 Å². The van der Waals surface area contributed by atoms with Crippen LogP contribution in [-0.4, -0.2) is 25.2 Å². The van der Waals surface area contributed by atoms with E-state index in [1.54, 1.807) is 4.68 Å². The quantitative estimate of drug-likeness (QED) is 0.805. The molecule has 0 fully saturated rings. The lowest BCUT2D eigenvalue weighted by Crippen LogP contribution is -2.17. The molecule has 0 saturated carbocycles. The number of para-hydroxylation sites is 2. The average Bonchev–Trinajstić information content (AvgIpc) is 2.97. The van der Waals surface area contributed by atoms with Crippen molar-refractivity contribution in [3.63, 3.8) is 0 Å². The number of hydrogen-bond donors (Lipinski definition) is 1. The molecule has 0 aliphatic heterocycles. The average molecular weight is 311 g/mol. The van der Waals surface area contributed by atoms with Gasteiger partial charge in [-0.15, -0.1) is 0 Å². The molecular weight excluding hydrogens is 290 g/mol. The third kappa shape index (κ3) is 2.60. The molecule has 2 heterocycles. The molecule has 6 heteroatoms. The first-order chi connectivity index (χ1) is 11.0. The fourth-order valence-corrected chi connectivity index (χ4v) is 2.89. The number of imidazole rings is 1. The zero-order valence-electron chi connectivity index (χ0n) is 13.9. The summed E-state index contributed by atoms with van der Waals surface area (Å²) >= 11 is 0. The Bertz CT molecular complexity index is 875. The van der Waals surface area contributed by atoms with Crippen LogP contribution in [0.1, 0.15) is 35.1 Å². The van der Waals surface area contributed by atoms with Gasteiger partial charge in [0.15, 0.2) is 0 Å². The second-order valence-electron chi connectivity index (χ2n) is 5.70. The van der Waals surface area contributed by atoms with Gasteiger partial charge in [0.25, 0.3) is 5.91 Å². The molecule has 0 unspecified atom stereocenters. The number of nitrogens with zero attached hydrogens (tertiary/aromatic N) is 4. The lowest BCUT2D eigenvalue weighted by atomic mass is 10.2. The third-order valence-corrected chi connectivity index (χ3v) is 4.06. The first kappa shape index (κ1) is 15.3. The molecule has 1 amide bonds. The Morgan fingerprint density at radius 2 is 2.00 bits per heavy atom. The van der Waals surface area contributed by atoms with Gasteiger partial charge in [-0.2, -0.15) is 5.10 Å². The van der Waals surface area contributed by atoms with E-state index in [0.717, 1.165) is 35.4 Å². The van der Waals surface area contributed by atoms with Crippen LogP contribution in [0.15, 0.2) is 24.3 Å². The Morgan fingerprint density at radius 3 is 2.65 bits per heavy atom. The monoisotopic (exact) mass is 311 g/mol. The highest BCUT2D eigenvalue weighted by Crippen LogP contribution is 2.21. The van der Waals surface area contributed by atoms with Crippen molar-refractivity contribution in [3.05, 3.63) is 41.2 Å². The molecule has 0 atom stereocenters. The van der Waals surface area contributed by atoms with E-state index in [0.29, 0.717) is 11.5 Å². The minimum absolute atomic E-state index is 0.166. The Labute approximate surface area is 135 Å². The number of fused-ring (bicyclic) bond motifs is 1. The SMILES string of the molecule is CCCn1c(NC(=O)c2c(C)nn(C)c2C)nc2ccccc21. The number of anilines is 1. The summed E-state index contributed by atoms with van der Waals surface area (Å²) in [4.78, 5) is 17.3. The standard InChI is InChI=1S/C17H21N5O/c1-5-10-22-14-9-7-6-8-13(14)18-17(22)19-16(23)15-11(2)20-21(4)12(15)3/h6-9H,5,10H2,1-4H3,(H,18,19,23). The van der Waals surface area contributed by atoms with Crippen molar-refractivity contribution in [2.45, 2.75) is 33.7 Å². The largest absolute Gasteiger partial charge is 0.310 e. The van der Waals surface area contributed by atoms with Crippen molar-refractivity contribution < 1.29 is 4.79 Å². The summed E-state index contributed by atoms with van der Waals surface area (Å²) in [5, 5.41) is 7.26. The highest BCUT2D eigenvalue weighted by molar-refractivity contribution is 6.05. The molecule has 1 aromatic carbocycles. The second-order valence-corrected chi connectivity index (χ2v) is 5.70. The number of carbonyl (C=O) groups excluding carboxylic acids is 1. The van der Waals surface area contributed by atoms with E-state index in [4.69, 9.17) is 0 Å². The number of carbonyl (C=O) groups is 1. The first-order valence-corrected chi connectivity index (χ1v) is 7.79. The minimum atomic E-state index is -0.166. The van der Waals surface area contributed by atoms with Crippen molar-refractivity contribution in [2.75, 3.05) is 5.32 Å². The number of hydrogen-bond acceptors (Lipinski definition) is 3. The van der Waals surface area contributed by atoms with Gasteiger partial charge in [0, 0.05) is 19.3 Å².